The highest BCUT2D eigenvalue weighted by Gasteiger charge is 2.28. The monoisotopic (exact) mass is 461 g/mol. The SMILES string of the molecule is CN1Cc2cc(C#N)ccc2-c2cc(F)c(C[C@H](C#N)NC(=O)[C@@H]3CNCCCO3)cc2C1=O. The van der Waals surface area contributed by atoms with Crippen molar-refractivity contribution in [3.8, 4) is 23.3 Å². The van der Waals surface area contributed by atoms with Crippen molar-refractivity contribution < 1.29 is 18.7 Å². The minimum absolute atomic E-state index is 0.0985. The average molecular weight is 461 g/mol. The molecule has 2 aliphatic heterocycles. The zero-order chi connectivity index (χ0) is 24.2. The molecule has 4 rings (SSSR count). The largest absolute Gasteiger partial charge is 0.367 e. The molecule has 174 valence electrons. The van der Waals surface area contributed by atoms with Gasteiger partial charge in [-0.3, -0.25) is 9.59 Å². The van der Waals surface area contributed by atoms with E-state index in [1.165, 1.54) is 17.0 Å². The maximum atomic E-state index is 15.2. The van der Waals surface area contributed by atoms with E-state index in [2.05, 4.69) is 16.7 Å². The molecule has 1 saturated heterocycles. The van der Waals surface area contributed by atoms with Crippen LogP contribution in [0, 0.1) is 28.5 Å². The Hall–Kier alpha value is -3.79. The van der Waals surface area contributed by atoms with Gasteiger partial charge in [0.25, 0.3) is 11.8 Å². The summed E-state index contributed by atoms with van der Waals surface area (Å²) in [7, 11) is 1.64. The predicted octanol–water partition coefficient (Wildman–Crippen LogP) is 1.88. The van der Waals surface area contributed by atoms with E-state index < -0.39 is 23.9 Å². The molecular weight excluding hydrogens is 437 g/mol. The summed E-state index contributed by atoms with van der Waals surface area (Å²) in [6.45, 7) is 1.80. The highest BCUT2D eigenvalue weighted by molar-refractivity contribution is 6.02. The number of rotatable bonds is 4. The van der Waals surface area contributed by atoms with Crippen molar-refractivity contribution in [2.75, 3.05) is 26.7 Å². The Morgan fingerprint density at radius 1 is 1.29 bits per heavy atom. The van der Waals surface area contributed by atoms with Crippen LogP contribution in [0.2, 0.25) is 0 Å². The van der Waals surface area contributed by atoms with E-state index >= 15 is 4.39 Å². The molecule has 2 heterocycles. The third-order valence-electron chi connectivity index (χ3n) is 6.03. The number of hydrogen-bond donors (Lipinski definition) is 2. The zero-order valence-corrected chi connectivity index (χ0v) is 18.7. The lowest BCUT2D eigenvalue weighted by atomic mass is 9.92. The van der Waals surface area contributed by atoms with Gasteiger partial charge >= 0.3 is 0 Å². The molecule has 1 fully saturated rings. The molecule has 0 saturated carbocycles. The summed E-state index contributed by atoms with van der Waals surface area (Å²) in [4.78, 5) is 27.1. The Kier molecular flexibility index (Phi) is 6.87. The van der Waals surface area contributed by atoms with Gasteiger partial charge in [-0.15, -0.1) is 0 Å². The first-order chi connectivity index (χ1) is 16.4. The van der Waals surface area contributed by atoms with Crippen LogP contribution in [0.25, 0.3) is 11.1 Å². The van der Waals surface area contributed by atoms with E-state index in [0.29, 0.717) is 35.4 Å². The molecule has 8 nitrogen and oxygen atoms in total. The second-order valence-corrected chi connectivity index (χ2v) is 8.45. The van der Waals surface area contributed by atoms with Gasteiger partial charge in [-0.05, 0) is 59.5 Å². The maximum Gasteiger partial charge on any atom is 0.254 e. The van der Waals surface area contributed by atoms with Gasteiger partial charge in [0.05, 0.1) is 17.7 Å². The molecule has 2 aromatic carbocycles. The molecule has 2 amide bonds. The first kappa shape index (κ1) is 23.4. The van der Waals surface area contributed by atoms with E-state index in [4.69, 9.17) is 4.74 Å². The summed E-state index contributed by atoms with van der Waals surface area (Å²) in [5.41, 5.74) is 2.79. The Morgan fingerprint density at radius 2 is 2.12 bits per heavy atom. The van der Waals surface area contributed by atoms with Crippen molar-refractivity contribution in [2.24, 2.45) is 0 Å². The van der Waals surface area contributed by atoms with Crippen LogP contribution in [0.5, 0.6) is 0 Å². The number of hydrogen-bond acceptors (Lipinski definition) is 6. The van der Waals surface area contributed by atoms with E-state index in [1.54, 1.807) is 25.2 Å². The molecule has 2 N–H and O–H groups in total. The Balaban J connectivity index is 1.62. The lowest BCUT2D eigenvalue weighted by Gasteiger charge is -2.19. The van der Waals surface area contributed by atoms with Crippen LogP contribution < -0.4 is 10.6 Å². The van der Waals surface area contributed by atoms with Crippen LogP contribution >= 0.6 is 0 Å². The third-order valence-corrected chi connectivity index (χ3v) is 6.03. The lowest BCUT2D eigenvalue weighted by molar-refractivity contribution is -0.132. The standard InChI is InChI=1S/C25H24FN5O3/c1-31-14-17-7-15(11-27)3-4-19(17)20-10-22(26)16(9-21(20)25(31)33)8-18(12-28)30-24(32)23-13-29-5-2-6-34-23/h3-4,7,9-10,18,23,29H,2,5-6,8,13-14H2,1H3,(H,30,32)/t18-,23+/m1/s1. The maximum absolute atomic E-state index is 15.2. The number of fused-ring (bicyclic) bond motifs is 3. The van der Waals surface area contributed by atoms with Crippen LogP contribution in [0.1, 0.15) is 33.5 Å². The smallest absolute Gasteiger partial charge is 0.254 e. The fraction of sp³-hybridized carbons (Fsp3) is 0.360. The number of carbonyl (C=O) groups is 2. The molecule has 0 aliphatic carbocycles. The van der Waals surface area contributed by atoms with Gasteiger partial charge < -0.3 is 20.3 Å². The molecule has 0 unspecified atom stereocenters. The van der Waals surface area contributed by atoms with Gasteiger partial charge in [-0.2, -0.15) is 10.5 Å². The van der Waals surface area contributed by atoms with E-state index in [-0.39, 0.29) is 24.4 Å². The number of nitriles is 2. The molecule has 9 heteroatoms. The van der Waals surface area contributed by atoms with E-state index in [0.717, 1.165) is 18.5 Å². The third kappa shape index (κ3) is 4.76. The second-order valence-electron chi connectivity index (χ2n) is 8.45. The van der Waals surface area contributed by atoms with Crippen LogP contribution in [-0.4, -0.2) is 55.6 Å². The van der Waals surface area contributed by atoms with E-state index in [9.17, 15) is 20.1 Å². The Morgan fingerprint density at radius 3 is 2.88 bits per heavy atom. The summed E-state index contributed by atoms with van der Waals surface area (Å²) in [5.74, 6) is -1.30. The molecule has 34 heavy (non-hydrogen) atoms. The number of halogens is 1. The topological polar surface area (TPSA) is 118 Å². The van der Waals surface area contributed by atoms with Gasteiger partial charge in [0, 0.05) is 38.7 Å². The Bertz CT molecular complexity index is 1210. The normalized spacial score (nSPS) is 18.4. The summed E-state index contributed by atoms with van der Waals surface area (Å²) in [5, 5.41) is 24.5. The van der Waals surface area contributed by atoms with Gasteiger partial charge in [0.15, 0.2) is 0 Å². The molecular formula is C25H24FN5O3. The molecule has 0 radical (unpaired) electrons. The fourth-order valence-corrected chi connectivity index (χ4v) is 4.26. The van der Waals surface area contributed by atoms with Gasteiger partial charge in [0.2, 0.25) is 0 Å². The summed E-state index contributed by atoms with van der Waals surface area (Å²) in [6, 6.07) is 10.9. The van der Waals surface area contributed by atoms with Gasteiger partial charge in [-0.25, -0.2) is 4.39 Å². The van der Waals surface area contributed by atoms with Crippen LogP contribution in [0.3, 0.4) is 0 Å². The van der Waals surface area contributed by atoms with Crippen molar-refractivity contribution in [1.29, 1.82) is 10.5 Å². The Labute approximate surface area is 196 Å². The van der Waals surface area contributed by atoms with Crippen molar-refractivity contribution in [3.05, 3.63) is 58.4 Å². The number of nitrogens with zero attached hydrogens (tertiary/aromatic N) is 3. The predicted molar refractivity (Wildman–Crippen MR) is 121 cm³/mol. The summed E-state index contributed by atoms with van der Waals surface area (Å²) < 4.78 is 20.7. The van der Waals surface area contributed by atoms with Gasteiger partial charge in [0.1, 0.15) is 18.0 Å². The van der Waals surface area contributed by atoms with Crippen molar-refractivity contribution in [2.45, 2.75) is 31.5 Å². The van der Waals surface area contributed by atoms with Crippen molar-refractivity contribution >= 4 is 11.8 Å². The number of carbonyl (C=O) groups excluding carboxylic acids is 2. The number of benzene rings is 2. The second kappa shape index (κ2) is 10.0. The fourth-order valence-electron chi connectivity index (χ4n) is 4.26. The summed E-state index contributed by atoms with van der Waals surface area (Å²) in [6.07, 6.45) is -0.0335. The summed E-state index contributed by atoms with van der Waals surface area (Å²) >= 11 is 0. The molecule has 2 atom stereocenters. The minimum atomic E-state index is -0.990. The molecule has 0 aromatic heterocycles. The number of nitrogens with one attached hydrogen (secondary N) is 2. The lowest BCUT2D eigenvalue weighted by Crippen LogP contribution is -2.46. The van der Waals surface area contributed by atoms with Crippen LogP contribution in [0.15, 0.2) is 30.3 Å². The number of ether oxygens (including phenoxy) is 1. The minimum Gasteiger partial charge on any atom is -0.367 e. The van der Waals surface area contributed by atoms with Crippen LogP contribution in [-0.2, 0) is 22.5 Å². The van der Waals surface area contributed by atoms with Crippen molar-refractivity contribution in [3.63, 3.8) is 0 Å². The highest BCUT2D eigenvalue weighted by atomic mass is 19.1. The highest BCUT2D eigenvalue weighted by Crippen LogP contribution is 2.34. The van der Waals surface area contributed by atoms with Crippen molar-refractivity contribution in [1.82, 2.24) is 15.5 Å². The first-order valence-corrected chi connectivity index (χ1v) is 11.0. The van der Waals surface area contributed by atoms with Crippen LogP contribution in [0.4, 0.5) is 4.39 Å². The average Bonchev–Trinajstić information content (AvgIpc) is 3.17. The quantitative estimate of drug-likeness (QED) is 0.718. The van der Waals surface area contributed by atoms with Gasteiger partial charge in [-0.1, -0.05) is 6.07 Å². The molecule has 2 aliphatic rings. The number of amides is 2. The molecule has 2 aromatic rings. The molecule has 0 bridgehead atoms. The zero-order valence-electron chi connectivity index (χ0n) is 18.7. The molecule has 0 spiro atoms. The van der Waals surface area contributed by atoms with E-state index in [1.807, 2.05) is 6.07 Å². The first-order valence-electron chi connectivity index (χ1n) is 11.0.